The van der Waals surface area contributed by atoms with Crippen LogP contribution in [-0.2, 0) is 14.6 Å². The Morgan fingerprint density at radius 1 is 1.35 bits per heavy atom. The standard InChI is InChI=1S/C14H19NO4S/c1-2-8-20(18,19)9-7-15-10-12(14(16)17)11-5-3-4-6-13(11)15/h3-6,12H,2,7-10H2,1H3,(H,16,17). The second kappa shape index (κ2) is 5.83. The van der Waals surface area contributed by atoms with Crippen molar-refractivity contribution in [1.29, 1.82) is 0 Å². The summed E-state index contributed by atoms with van der Waals surface area (Å²) in [6, 6.07) is 7.31. The van der Waals surface area contributed by atoms with Gasteiger partial charge in [-0.3, -0.25) is 4.79 Å². The lowest BCUT2D eigenvalue weighted by molar-refractivity contribution is -0.138. The van der Waals surface area contributed by atoms with E-state index in [-0.39, 0.29) is 11.5 Å². The van der Waals surface area contributed by atoms with Crippen LogP contribution in [0.1, 0.15) is 24.8 Å². The fourth-order valence-electron chi connectivity index (χ4n) is 2.57. The SMILES string of the molecule is CCCS(=O)(=O)CCN1CC(C(=O)O)c2ccccc21. The number of fused-ring (bicyclic) bond motifs is 1. The maximum absolute atomic E-state index is 11.8. The van der Waals surface area contributed by atoms with Crippen molar-refractivity contribution in [2.75, 3.05) is 29.5 Å². The van der Waals surface area contributed by atoms with Gasteiger partial charge in [0, 0.05) is 24.5 Å². The van der Waals surface area contributed by atoms with E-state index in [1.54, 1.807) is 6.07 Å². The lowest BCUT2D eigenvalue weighted by Crippen LogP contribution is -2.30. The van der Waals surface area contributed by atoms with Crippen LogP contribution in [0.15, 0.2) is 24.3 Å². The molecule has 0 bridgehead atoms. The number of carboxylic acids is 1. The highest BCUT2D eigenvalue weighted by atomic mass is 32.2. The van der Waals surface area contributed by atoms with E-state index < -0.39 is 21.7 Å². The molecule has 2 rings (SSSR count). The van der Waals surface area contributed by atoms with E-state index in [9.17, 15) is 18.3 Å². The van der Waals surface area contributed by atoms with E-state index in [4.69, 9.17) is 0 Å². The van der Waals surface area contributed by atoms with E-state index in [1.165, 1.54) is 0 Å². The number of anilines is 1. The number of benzene rings is 1. The maximum Gasteiger partial charge on any atom is 0.312 e. The van der Waals surface area contributed by atoms with Gasteiger partial charge in [0.15, 0.2) is 9.84 Å². The second-order valence-electron chi connectivity index (χ2n) is 5.05. The molecule has 0 aliphatic carbocycles. The molecule has 0 amide bonds. The summed E-state index contributed by atoms with van der Waals surface area (Å²) in [7, 11) is -3.05. The van der Waals surface area contributed by atoms with Crippen molar-refractivity contribution in [3.63, 3.8) is 0 Å². The predicted octanol–water partition coefficient (Wildman–Crippen LogP) is 1.50. The number of hydrogen-bond acceptors (Lipinski definition) is 4. The van der Waals surface area contributed by atoms with Crippen molar-refractivity contribution in [2.45, 2.75) is 19.3 Å². The van der Waals surface area contributed by atoms with Crippen molar-refractivity contribution < 1.29 is 18.3 Å². The van der Waals surface area contributed by atoms with Crippen LogP contribution in [0.3, 0.4) is 0 Å². The van der Waals surface area contributed by atoms with Crippen molar-refractivity contribution in [3.05, 3.63) is 29.8 Å². The molecule has 1 atom stereocenters. The molecule has 0 radical (unpaired) electrons. The van der Waals surface area contributed by atoms with Crippen LogP contribution in [0.4, 0.5) is 5.69 Å². The topological polar surface area (TPSA) is 74.7 Å². The molecule has 5 nitrogen and oxygen atoms in total. The Hall–Kier alpha value is -1.56. The lowest BCUT2D eigenvalue weighted by Gasteiger charge is -2.19. The van der Waals surface area contributed by atoms with Gasteiger partial charge in [-0.1, -0.05) is 25.1 Å². The average molecular weight is 297 g/mol. The fourth-order valence-corrected chi connectivity index (χ4v) is 3.90. The first-order valence-corrected chi connectivity index (χ1v) is 8.54. The number of para-hydroxylation sites is 1. The molecule has 6 heteroatoms. The van der Waals surface area contributed by atoms with Crippen LogP contribution >= 0.6 is 0 Å². The van der Waals surface area contributed by atoms with Gasteiger partial charge in [0.05, 0.1) is 5.75 Å². The third-order valence-electron chi connectivity index (χ3n) is 3.54. The number of aliphatic carboxylic acids is 1. The molecule has 1 unspecified atom stereocenters. The smallest absolute Gasteiger partial charge is 0.312 e. The van der Waals surface area contributed by atoms with Gasteiger partial charge in [-0.15, -0.1) is 0 Å². The summed E-state index contributed by atoms with van der Waals surface area (Å²) in [5.74, 6) is -1.18. The Morgan fingerprint density at radius 2 is 2.05 bits per heavy atom. The summed E-state index contributed by atoms with van der Waals surface area (Å²) in [6.45, 7) is 2.53. The largest absolute Gasteiger partial charge is 0.481 e. The molecule has 1 aliphatic heterocycles. The van der Waals surface area contributed by atoms with Crippen LogP contribution in [0.25, 0.3) is 0 Å². The molecule has 1 heterocycles. The molecule has 0 saturated heterocycles. The Bertz CT molecular complexity index is 597. The van der Waals surface area contributed by atoms with E-state index in [2.05, 4.69) is 0 Å². The van der Waals surface area contributed by atoms with Gasteiger partial charge in [-0.25, -0.2) is 8.42 Å². The second-order valence-corrected chi connectivity index (χ2v) is 7.35. The van der Waals surface area contributed by atoms with Crippen LogP contribution in [0, 0.1) is 0 Å². The zero-order valence-electron chi connectivity index (χ0n) is 11.4. The van der Waals surface area contributed by atoms with E-state index in [1.807, 2.05) is 30.0 Å². The molecule has 1 aliphatic rings. The Kier molecular flexibility index (Phi) is 4.32. The lowest BCUT2D eigenvalue weighted by atomic mass is 10.0. The predicted molar refractivity (Wildman–Crippen MR) is 78.0 cm³/mol. The quantitative estimate of drug-likeness (QED) is 0.861. The average Bonchev–Trinajstić information content (AvgIpc) is 2.75. The zero-order valence-corrected chi connectivity index (χ0v) is 12.3. The van der Waals surface area contributed by atoms with Gasteiger partial charge in [0.2, 0.25) is 0 Å². The summed E-state index contributed by atoms with van der Waals surface area (Å²) >= 11 is 0. The van der Waals surface area contributed by atoms with Gasteiger partial charge in [-0.05, 0) is 18.1 Å². The minimum absolute atomic E-state index is 0.0709. The molecule has 1 aromatic carbocycles. The monoisotopic (exact) mass is 297 g/mol. The minimum Gasteiger partial charge on any atom is -0.481 e. The number of carbonyl (C=O) groups is 1. The van der Waals surface area contributed by atoms with E-state index >= 15 is 0 Å². The molecule has 1 N–H and O–H groups in total. The third kappa shape index (κ3) is 3.12. The molecule has 0 spiro atoms. The first-order chi connectivity index (χ1) is 9.44. The van der Waals surface area contributed by atoms with Crippen LogP contribution < -0.4 is 4.90 Å². The van der Waals surface area contributed by atoms with Crippen molar-refractivity contribution in [2.24, 2.45) is 0 Å². The highest BCUT2D eigenvalue weighted by Gasteiger charge is 2.33. The zero-order chi connectivity index (χ0) is 14.8. The number of carboxylic acid groups (broad SMARTS) is 1. The van der Waals surface area contributed by atoms with Crippen LogP contribution in [0.5, 0.6) is 0 Å². The molecule has 0 aromatic heterocycles. The normalized spacial score (nSPS) is 18.1. The van der Waals surface area contributed by atoms with Crippen molar-refractivity contribution in [1.82, 2.24) is 0 Å². The summed E-state index contributed by atoms with van der Waals surface area (Å²) in [6.07, 6.45) is 0.608. The molecule has 0 fully saturated rings. The van der Waals surface area contributed by atoms with Crippen molar-refractivity contribution in [3.8, 4) is 0 Å². The highest BCUT2D eigenvalue weighted by molar-refractivity contribution is 7.91. The maximum atomic E-state index is 11.8. The number of rotatable bonds is 6. The highest BCUT2D eigenvalue weighted by Crippen LogP contribution is 2.35. The molecule has 0 saturated carbocycles. The molecule has 20 heavy (non-hydrogen) atoms. The molecular weight excluding hydrogens is 278 g/mol. The van der Waals surface area contributed by atoms with Gasteiger partial charge in [0.25, 0.3) is 0 Å². The third-order valence-corrected chi connectivity index (χ3v) is 5.38. The number of sulfone groups is 1. The minimum atomic E-state index is -3.05. The van der Waals surface area contributed by atoms with Gasteiger partial charge < -0.3 is 10.0 Å². The van der Waals surface area contributed by atoms with Gasteiger partial charge in [0.1, 0.15) is 5.92 Å². The van der Waals surface area contributed by atoms with Crippen molar-refractivity contribution >= 4 is 21.5 Å². The Morgan fingerprint density at radius 3 is 2.70 bits per heavy atom. The van der Waals surface area contributed by atoms with Gasteiger partial charge in [-0.2, -0.15) is 0 Å². The Labute approximate surface area is 119 Å². The molecular formula is C14H19NO4S. The summed E-state index contributed by atoms with van der Waals surface area (Å²) in [5.41, 5.74) is 1.61. The van der Waals surface area contributed by atoms with Gasteiger partial charge >= 0.3 is 5.97 Å². The van der Waals surface area contributed by atoms with E-state index in [0.29, 0.717) is 19.5 Å². The summed E-state index contributed by atoms with van der Waals surface area (Å²) in [5, 5.41) is 9.25. The number of nitrogens with zero attached hydrogens (tertiary/aromatic N) is 1. The first kappa shape index (κ1) is 14.8. The van der Waals surface area contributed by atoms with E-state index in [0.717, 1.165) is 11.3 Å². The number of hydrogen-bond donors (Lipinski definition) is 1. The summed E-state index contributed by atoms with van der Waals surface area (Å²) < 4.78 is 23.5. The Balaban J connectivity index is 2.13. The first-order valence-electron chi connectivity index (χ1n) is 6.71. The molecule has 1 aromatic rings. The molecule has 110 valence electrons. The van der Waals surface area contributed by atoms with Crippen LogP contribution in [0.2, 0.25) is 0 Å². The fraction of sp³-hybridized carbons (Fsp3) is 0.500. The van der Waals surface area contributed by atoms with Crippen LogP contribution in [-0.4, -0.2) is 44.1 Å². The summed E-state index contributed by atoms with van der Waals surface area (Å²) in [4.78, 5) is 13.1.